The second-order valence-electron chi connectivity index (χ2n) is 3.95. The first-order valence-corrected chi connectivity index (χ1v) is 6.13. The van der Waals surface area contributed by atoms with E-state index in [0.717, 1.165) is 5.56 Å². The maximum atomic E-state index is 13.8. The van der Waals surface area contributed by atoms with Crippen molar-refractivity contribution < 1.29 is 9.13 Å². The second-order valence-corrected chi connectivity index (χ2v) is 4.74. The summed E-state index contributed by atoms with van der Waals surface area (Å²) in [6, 6.07) is 4.97. The van der Waals surface area contributed by atoms with Gasteiger partial charge < -0.3 is 10.5 Å². The van der Waals surface area contributed by atoms with Crippen molar-refractivity contribution in [2.45, 2.75) is 13.8 Å². The number of benzene rings is 1. The zero-order valence-corrected chi connectivity index (χ0v) is 11.6. The molecule has 0 aliphatic heterocycles. The van der Waals surface area contributed by atoms with E-state index in [1.54, 1.807) is 25.1 Å². The van der Waals surface area contributed by atoms with Crippen LogP contribution < -0.4 is 10.5 Å². The molecule has 0 saturated carbocycles. The number of aromatic nitrogens is 1. The lowest BCUT2D eigenvalue weighted by Crippen LogP contribution is -1.98. The summed E-state index contributed by atoms with van der Waals surface area (Å²) in [5.41, 5.74) is 7.61. The predicted molar refractivity (Wildman–Crippen MR) is 72.3 cm³/mol. The van der Waals surface area contributed by atoms with Gasteiger partial charge in [-0.2, -0.15) is 0 Å². The van der Waals surface area contributed by atoms with Crippen molar-refractivity contribution in [3.63, 3.8) is 0 Å². The molecule has 0 atom stereocenters. The van der Waals surface area contributed by atoms with Crippen LogP contribution in [0.1, 0.15) is 11.1 Å². The molecular formula is C13H12BrFN2O. The van der Waals surface area contributed by atoms with Crippen LogP contribution in [0.2, 0.25) is 0 Å². The molecule has 0 radical (unpaired) electrons. The van der Waals surface area contributed by atoms with E-state index in [1.807, 2.05) is 6.92 Å². The number of nitrogen functional groups attached to an aromatic ring is 1. The Kier molecular flexibility index (Phi) is 3.52. The van der Waals surface area contributed by atoms with Crippen LogP contribution in [0.3, 0.4) is 0 Å². The van der Waals surface area contributed by atoms with E-state index in [-0.39, 0.29) is 11.6 Å². The minimum absolute atomic E-state index is 0.146. The summed E-state index contributed by atoms with van der Waals surface area (Å²) >= 11 is 3.34. The third-order valence-corrected chi connectivity index (χ3v) is 3.57. The third-order valence-electron chi connectivity index (χ3n) is 2.63. The van der Waals surface area contributed by atoms with E-state index < -0.39 is 0 Å². The number of pyridine rings is 1. The molecule has 0 amide bonds. The molecule has 1 aromatic heterocycles. The van der Waals surface area contributed by atoms with E-state index in [0.29, 0.717) is 21.6 Å². The topological polar surface area (TPSA) is 48.1 Å². The average molecular weight is 311 g/mol. The molecule has 0 bridgehead atoms. The van der Waals surface area contributed by atoms with Gasteiger partial charge in [0.25, 0.3) is 0 Å². The highest BCUT2D eigenvalue weighted by atomic mass is 79.9. The van der Waals surface area contributed by atoms with Gasteiger partial charge in [-0.25, -0.2) is 9.37 Å². The van der Waals surface area contributed by atoms with Gasteiger partial charge in [0.05, 0.1) is 16.4 Å². The molecule has 5 heteroatoms. The van der Waals surface area contributed by atoms with E-state index in [2.05, 4.69) is 20.9 Å². The second kappa shape index (κ2) is 4.94. The first-order chi connectivity index (χ1) is 8.50. The average Bonchev–Trinajstić information content (AvgIpc) is 2.35. The minimum atomic E-state index is -0.388. The van der Waals surface area contributed by atoms with Crippen LogP contribution in [0.5, 0.6) is 11.6 Å². The fourth-order valence-electron chi connectivity index (χ4n) is 1.44. The Bertz CT molecular complexity index is 602. The fourth-order valence-corrected chi connectivity index (χ4v) is 1.86. The number of aryl methyl sites for hydroxylation is 1. The number of ether oxygens (including phenoxy) is 1. The number of halogens is 2. The Morgan fingerprint density at radius 2 is 2.06 bits per heavy atom. The number of anilines is 1. The predicted octanol–water partition coefficient (Wildman–Crippen LogP) is 3.97. The molecule has 0 unspecified atom stereocenters. The molecule has 2 aromatic rings. The van der Waals surface area contributed by atoms with Crippen LogP contribution in [0.15, 0.2) is 28.9 Å². The summed E-state index contributed by atoms with van der Waals surface area (Å²) in [6.07, 6.45) is 1.49. The molecule has 0 aliphatic carbocycles. The van der Waals surface area contributed by atoms with Crippen molar-refractivity contribution >= 4 is 21.6 Å². The van der Waals surface area contributed by atoms with Crippen molar-refractivity contribution in [2.24, 2.45) is 0 Å². The lowest BCUT2D eigenvalue weighted by molar-refractivity contribution is 0.423. The van der Waals surface area contributed by atoms with Gasteiger partial charge in [0, 0.05) is 0 Å². The smallest absolute Gasteiger partial charge is 0.234 e. The van der Waals surface area contributed by atoms with Crippen molar-refractivity contribution in [1.29, 1.82) is 0 Å². The highest BCUT2D eigenvalue weighted by molar-refractivity contribution is 9.10. The molecule has 0 fully saturated rings. The summed E-state index contributed by atoms with van der Waals surface area (Å²) in [7, 11) is 0. The van der Waals surface area contributed by atoms with Crippen LogP contribution in [0.25, 0.3) is 0 Å². The summed E-state index contributed by atoms with van der Waals surface area (Å²) < 4.78 is 19.9. The molecule has 1 aromatic carbocycles. The number of rotatable bonds is 2. The van der Waals surface area contributed by atoms with Gasteiger partial charge in [0.2, 0.25) is 5.88 Å². The van der Waals surface area contributed by atoms with Crippen LogP contribution in [0, 0.1) is 19.7 Å². The maximum Gasteiger partial charge on any atom is 0.234 e. The quantitative estimate of drug-likeness (QED) is 0.913. The summed E-state index contributed by atoms with van der Waals surface area (Å²) in [6.45, 7) is 3.51. The largest absolute Gasteiger partial charge is 0.435 e. The molecule has 3 nitrogen and oxygen atoms in total. The Morgan fingerprint density at radius 1 is 1.33 bits per heavy atom. The monoisotopic (exact) mass is 310 g/mol. The van der Waals surface area contributed by atoms with E-state index in [9.17, 15) is 4.39 Å². The summed E-state index contributed by atoms with van der Waals surface area (Å²) in [5, 5.41) is 0. The molecule has 18 heavy (non-hydrogen) atoms. The lowest BCUT2D eigenvalue weighted by Gasteiger charge is -2.11. The molecule has 2 N–H and O–H groups in total. The van der Waals surface area contributed by atoms with Crippen molar-refractivity contribution in [3.05, 3.63) is 45.8 Å². The van der Waals surface area contributed by atoms with Gasteiger partial charge in [-0.1, -0.05) is 12.1 Å². The van der Waals surface area contributed by atoms with Crippen LogP contribution in [-0.4, -0.2) is 4.98 Å². The SMILES string of the molecule is Cc1cccc(Oc2ncc(N)c(C)c2Br)c1F. The molecule has 0 spiro atoms. The highest BCUT2D eigenvalue weighted by Crippen LogP contribution is 2.33. The number of nitrogens with two attached hydrogens (primary N) is 1. The molecule has 1 heterocycles. The number of hydrogen-bond acceptors (Lipinski definition) is 3. The number of nitrogens with zero attached hydrogens (tertiary/aromatic N) is 1. The molecule has 0 saturated heterocycles. The van der Waals surface area contributed by atoms with Gasteiger partial charge in [-0.15, -0.1) is 0 Å². The van der Waals surface area contributed by atoms with Gasteiger partial charge >= 0.3 is 0 Å². The van der Waals surface area contributed by atoms with Gasteiger partial charge in [-0.3, -0.25) is 0 Å². The molecule has 0 aliphatic rings. The fraction of sp³-hybridized carbons (Fsp3) is 0.154. The Hall–Kier alpha value is -1.62. The first kappa shape index (κ1) is 12.8. The molecule has 2 rings (SSSR count). The van der Waals surface area contributed by atoms with Gasteiger partial charge in [0.15, 0.2) is 11.6 Å². The zero-order valence-electron chi connectivity index (χ0n) is 10.00. The van der Waals surface area contributed by atoms with E-state index in [1.165, 1.54) is 6.20 Å². The van der Waals surface area contributed by atoms with E-state index in [4.69, 9.17) is 10.5 Å². The lowest BCUT2D eigenvalue weighted by atomic mass is 10.2. The summed E-state index contributed by atoms with van der Waals surface area (Å²) in [5.74, 6) is 0.0549. The standard InChI is InChI=1S/C13H12BrFN2O/c1-7-4-3-5-10(12(7)15)18-13-11(14)8(2)9(16)6-17-13/h3-6H,16H2,1-2H3. The normalized spacial score (nSPS) is 10.4. The van der Waals surface area contributed by atoms with Crippen LogP contribution in [0.4, 0.5) is 10.1 Å². The Labute approximate surface area is 113 Å². The van der Waals surface area contributed by atoms with Gasteiger partial charge in [-0.05, 0) is 47.0 Å². The summed E-state index contributed by atoms with van der Waals surface area (Å²) in [4.78, 5) is 4.04. The first-order valence-electron chi connectivity index (χ1n) is 5.34. The Morgan fingerprint density at radius 3 is 2.78 bits per heavy atom. The van der Waals surface area contributed by atoms with E-state index >= 15 is 0 Å². The zero-order chi connectivity index (χ0) is 13.3. The van der Waals surface area contributed by atoms with Crippen LogP contribution >= 0.6 is 15.9 Å². The highest BCUT2D eigenvalue weighted by Gasteiger charge is 2.12. The van der Waals surface area contributed by atoms with Crippen molar-refractivity contribution in [2.75, 3.05) is 5.73 Å². The molecule has 94 valence electrons. The minimum Gasteiger partial charge on any atom is -0.435 e. The third kappa shape index (κ3) is 2.31. The van der Waals surface area contributed by atoms with Crippen molar-refractivity contribution in [3.8, 4) is 11.6 Å². The maximum absolute atomic E-state index is 13.8. The Balaban J connectivity index is 2.41. The molecular weight excluding hydrogens is 299 g/mol. The van der Waals surface area contributed by atoms with Crippen LogP contribution in [-0.2, 0) is 0 Å². The van der Waals surface area contributed by atoms with Gasteiger partial charge in [0.1, 0.15) is 0 Å². The van der Waals surface area contributed by atoms with Crippen molar-refractivity contribution in [1.82, 2.24) is 4.98 Å². The number of hydrogen-bond donors (Lipinski definition) is 1.